The van der Waals surface area contributed by atoms with Crippen molar-refractivity contribution in [2.75, 3.05) is 7.11 Å². The summed E-state index contributed by atoms with van der Waals surface area (Å²) in [7, 11) is 1.33. The number of likely N-dealkylation sites (tertiary alicyclic amines) is 1. The van der Waals surface area contributed by atoms with Crippen LogP contribution in [0.15, 0.2) is 0 Å². The minimum absolute atomic E-state index is 0.0449. The molecule has 1 heterocycles. The second kappa shape index (κ2) is 6.24. The van der Waals surface area contributed by atoms with Crippen molar-refractivity contribution in [1.29, 1.82) is 0 Å². The van der Waals surface area contributed by atoms with Gasteiger partial charge in [-0.15, -0.1) is 0 Å². The zero-order chi connectivity index (χ0) is 15.7. The maximum Gasteiger partial charge on any atom is 0.407 e. The third-order valence-corrected chi connectivity index (χ3v) is 4.97. The van der Waals surface area contributed by atoms with Crippen LogP contribution in [0.25, 0.3) is 0 Å². The van der Waals surface area contributed by atoms with Crippen molar-refractivity contribution in [2.24, 2.45) is 17.8 Å². The van der Waals surface area contributed by atoms with Gasteiger partial charge in [0.1, 0.15) is 6.04 Å². The first-order chi connectivity index (χ1) is 9.86. The molecule has 0 spiro atoms. The molecule has 0 unspecified atom stereocenters. The highest BCUT2D eigenvalue weighted by molar-refractivity contribution is 5.86. The molecule has 1 saturated heterocycles. The molecule has 2 fully saturated rings. The molecule has 5 heteroatoms. The van der Waals surface area contributed by atoms with E-state index in [1.165, 1.54) is 13.5 Å². The Hall–Kier alpha value is -1.26. The molecule has 0 radical (unpaired) electrons. The third kappa shape index (κ3) is 3.01. The minimum atomic E-state index is -0.535. The number of nitrogens with one attached hydrogen (secondary N) is 1. The Morgan fingerprint density at radius 1 is 1.19 bits per heavy atom. The standard InChI is InChI=1S/C16H28N2O3/c1-9(2)13(17-16(20)21-5)15(19)18-12-7-6-11(8-12)14(18)10(3)4/h9-14H,6-8H2,1-5H3,(H,17,20)/t11-,12+,13+,14+/m1/s1. The number of methoxy groups -OCH3 is 1. The van der Waals surface area contributed by atoms with E-state index in [1.54, 1.807) is 0 Å². The molecular formula is C16H28N2O3. The van der Waals surface area contributed by atoms with Crippen molar-refractivity contribution >= 4 is 12.0 Å². The molecule has 5 nitrogen and oxygen atoms in total. The molecule has 1 N–H and O–H groups in total. The largest absolute Gasteiger partial charge is 0.453 e. The second-order valence-electron chi connectivity index (χ2n) is 7.06. The molecule has 4 atom stereocenters. The Bertz CT molecular complexity index is 408. The van der Waals surface area contributed by atoms with Gasteiger partial charge in [0, 0.05) is 12.1 Å². The highest BCUT2D eigenvalue weighted by Crippen LogP contribution is 2.45. The summed E-state index contributed by atoms with van der Waals surface area (Å²) in [6.07, 6.45) is 2.92. The fourth-order valence-corrected chi connectivity index (χ4v) is 4.08. The normalized spacial score (nSPS) is 29.1. The summed E-state index contributed by atoms with van der Waals surface area (Å²) in [4.78, 5) is 26.6. The average Bonchev–Trinajstić information content (AvgIpc) is 3.03. The lowest BCUT2D eigenvalue weighted by Crippen LogP contribution is -2.57. The van der Waals surface area contributed by atoms with Crippen LogP contribution in [0.3, 0.4) is 0 Å². The zero-order valence-electron chi connectivity index (χ0n) is 13.8. The first-order valence-electron chi connectivity index (χ1n) is 8.03. The number of amides is 2. The maximum absolute atomic E-state index is 13.0. The molecule has 2 amide bonds. The van der Waals surface area contributed by atoms with Crippen LogP contribution in [0.1, 0.15) is 47.0 Å². The van der Waals surface area contributed by atoms with Gasteiger partial charge in [-0.3, -0.25) is 4.79 Å². The first kappa shape index (κ1) is 16.1. The number of rotatable bonds is 4. The van der Waals surface area contributed by atoms with Crippen molar-refractivity contribution in [2.45, 2.75) is 65.1 Å². The van der Waals surface area contributed by atoms with Crippen molar-refractivity contribution in [3.8, 4) is 0 Å². The van der Waals surface area contributed by atoms with Gasteiger partial charge in [0.05, 0.1) is 7.11 Å². The Morgan fingerprint density at radius 3 is 2.38 bits per heavy atom. The van der Waals surface area contributed by atoms with Crippen LogP contribution in [-0.4, -0.2) is 42.1 Å². The van der Waals surface area contributed by atoms with E-state index in [1.807, 2.05) is 13.8 Å². The van der Waals surface area contributed by atoms with Gasteiger partial charge < -0.3 is 15.0 Å². The van der Waals surface area contributed by atoms with Crippen LogP contribution in [0.2, 0.25) is 0 Å². The lowest BCUT2D eigenvalue weighted by molar-refractivity contribution is -0.140. The van der Waals surface area contributed by atoms with Crippen LogP contribution in [-0.2, 0) is 9.53 Å². The van der Waals surface area contributed by atoms with E-state index in [4.69, 9.17) is 0 Å². The maximum atomic E-state index is 13.0. The topological polar surface area (TPSA) is 58.6 Å². The molecule has 1 aliphatic heterocycles. The van der Waals surface area contributed by atoms with Crippen LogP contribution in [0.4, 0.5) is 4.79 Å². The smallest absolute Gasteiger partial charge is 0.407 e. The van der Waals surface area contributed by atoms with Gasteiger partial charge in [-0.05, 0) is 37.0 Å². The van der Waals surface area contributed by atoms with E-state index in [9.17, 15) is 9.59 Å². The number of carbonyl (C=O) groups excluding carboxylic acids is 2. The third-order valence-electron chi connectivity index (χ3n) is 4.97. The molecule has 21 heavy (non-hydrogen) atoms. The zero-order valence-corrected chi connectivity index (χ0v) is 13.8. The van der Waals surface area contributed by atoms with Gasteiger partial charge in [0.25, 0.3) is 0 Å². The number of hydrogen-bond acceptors (Lipinski definition) is 3. The lowest BCUT2D eigenvalue weighted by Gasteiger charge is -2.40. The summed E-state index contributed by atoms with van der Waals surface area (Å²) in [5.41, 5.74) is 0. The Balaban J connectivity index is 2.17. The number of ether oxygens (including phenoxy) is 1. The Morgan fingerprint density at radius 2 is 1.86 bits per heavy atom. The van der Waals surface area contributed by atoms with Crippen LogP contribution < -0.4 is 5.32 Å². The van der Waals surface area contributed by atoms with Gasteiger partial charge in [-0.25, -0.2) is 4.79 Å². The summed E-state index contributed by atoms with van der Waals surface area (Å²) < 4.78 is 4.66. The van der Waals surface area contributed by atoms with Crippen LogP contribution in [0, 0.1) is 17.8 Å². The highest BCUT2D eigenvalue weighted by Gasteiger charge is 2.50. The molecule has 2 bridgehead atoms. The van der Waals surface area contributed by atoms with E-state index >= 15 is 0 Å². The predicted molar refractivity (Wildman–Crippen MR) is 80.8 cm³/mol. The van der Waals surface area contributed by atoms with Gasteiger partial charge in [0.15, 0.2) is 0 Å². The van der Waals surface area contributed by atoms with Gasteiger partial charge in [0.2, 0.25) is 5.91 Å². The van der Waals surface area contributed by atoms with Gasteiger partial charge in [-0.1, -0.05) is 27.7 Å². The van der Waals surface area contributed by atoms with Crippen molar-refractivity contribution in [3.63, 3.8) is 0 Å². The second-order valence-corrected chi connectivity index (χ2v) is 7.06. The molecule has 0 aromatic rings. The minimum Gasteiger partial charge on any atom is -0.453 e. The quantitative estimate of drug-likeness (QED) is 0.866. The van der Waals surface area contributed by atoms with Crippen LogP contribution >= 0.6 is 0 Å². The molecule has 2 rings (SSSR count). The van der Waals surface area contributed by atoms with E-state index in [-0.39, 0.29) is 11.8 Å². The summed E-state index contributed by atoms with van der Waals surface area (Å²) in [6.45, 7) is 8.28. The molecule has 0 aromatic carbocycles. The highest BCUT2D eigenvalue weighted by atomic mass is 16.5. The van der Waals surface area contributed by atoms with E-state index in [0.29, 0.717) is 23.9 Å². The monoisotopic (exact) mass is 296 g/mol. The van der Waals surface area contributed by atoms with Crippen molar-refractivity contribution in [1.82, 2.24) is 10.2 Å². The first-order valence-corrected chi connectivity index (χ1v) is 8.03. The van der Waals surface area contributed by atoms with Gasteiger partial charge >= 0.3 is 6.09 Å². The van der Waals surface area contributed by atoms with Crippen LogP contribution in [0.5, 0.6) is 0 Å². The fraction of sp³-hybridized carbons (Fsp3) is 0.875. The fourth-order valence-electron chi connectivity index (χ4n) is 4.08. The number of carbonyl (C=O) groups is 2. The van der Waals surface area contributed by atoms with E-state index < -0.39 is 12.1 Å². The Kier molecular flexibility index (Phi) is 4.79. The number of nitrogens with zero attached hydrogens (tertiary/aromatic N) is 1. The van der Waals surface area contributed by atoms with E-state index in [0.717, 1.165) is 12.8 Å². The molecule has 1 saturated carbocycles. The molecule has 2 aliphatic rings. The summed E-state index contributed by atoms with van der Waals surface area (Å²) in [6, 6.07) is 0.172. The van der Waals surface area contributed by atoms with Gasteiger partial charge in [-0.2, -0.15) is 0 Å². The van der Waals surface area contributed by atoms with E-state index in [2.05, 4.69) is 28.8 Å². The number of piperidine rings is 1. The van der Waals surface area contributed by atoms with Crippen molar-refractivity contribution < 1.29 is 14.3 Å². The lowest BCUT2D eigenvalue weighted by atomic mass is 9.88. The molecule has 1 aliphatic carbocycles. The predicted octanol–water partition coefficient (Wildman–Crippen LogP) is 2.40. The number of alkyl carbamates (subject to hydrolysis) is 1. The number of hydrogen-bond donors (Lipinski definition) is 1. The molecule has 0 aromatic heterocycles. The molecular weight excluding hydrogens is 268 g/mol. The SMILES string of the molecule is COC(=O)N[C@H](C(=O)N1[C@H]2CC[C@H](C2)[C@@H]1C(C)C)C(C)C. The summed E-state index contributed by atoms with van der Waals surface area (Å²) in [5.74, 6) is 1.19. The average molecular weight is 296 g/mol. The van der Waals surface area contributed by atoms with Crippen molar-refractivity contribution in [3.05, 3.63) is 0 Å². The summed E-state index contributed by atoms with van der Waals surface area (Å²) in [5, 5.41) is 2.71. The Labute approximate surface area is 127 Å². The number of fused-ring (bicyclic) bond motifs is 2. The summed E-state index contributed by atoms with van der Waals surface area (Å²) >= 11 is 0. The molecule has 120 valence electrons.